The Balaban J connectivity index is 1.59. The van der Waals surface area contributed by atoms with Crippen molar-refractivity contribution in [1.29, 1.82) is 0 Å². The van der Waals surface area contributed by atoms with Crippen LogP contribution in [0.15, 0.2) is 48.9 Å². The Morgan fingerprint density at radius 1 is 1.32 bits per heavy atom. The molecule has 0 aliphatic rings. The monoisotopic (exact) mass is 296 g/mol. The number of anilines is 1. The van der Waals surface area contributed by atoms with E-state index < -0.39 is 0 Å². The van der Waals surface area contributed by atoms with Crippen LogP contribution < -0.4 is 10.1 Å². The zero-order valence-electron chi connectivity index (χ0n) is 12.2. The lowest BCUT2D eigenvalue weighted by molar-refractivity contribution is -0.118. The van der Waals surface area contributed by atoms with Gasteiger partial charge in [-0.15, -0.1) is 10.2 Å². The molecule has 0 unspecified atom stereocenters. The number of aromatic nitrogens is 3. The molecule has 3 aromatic rings. The van der Waals surface area contributed by atoms with Crippen LogP contribution in [-0.4, -0.2) is 27.1 Å². The molecule has 0 spiro atoms. The van der Waals surface area contributed by atoms with E-state index in [0.29, 0.717) is 11.4 Å². The molecular weight excluding hydrogens is 280 g/mol. The summed E-state index contributed by atoms with van der Waals surface area (Å²) in [5, 5.41) is 10.5. The molecule has 1 N–H and O–H groups in total. The molecule has 0 bridgehead atoms. The van der Waals surface area contributed by atoms with Crippen molar-refractivity contribution >= 4 is 17.2 Å². The third-order valence-corrected chi connectivity index (χ3v) is 3.25. The minimum Gasteiger partial charge on any atom is -0.484 e. The highest BCUT2D eigenvalue weighted by atomic mass is 16.5. The number of nitrogens with zero attached hydrogens (tertiary/aromatic N) is 3. The van der Waals surface area contributed by atoms with Crippen molar-refractivity contribution in [2.75, 3.05) is 11.9 Å². The van der Waals surface area contributed by atoms with E-state index in [1.807, 2.05) is 24.3 Å². The number of pyridine rings is 1. The standard InChI is InChI=1S/C16H16N4O2/c1-2-12-4-3-5-14(8-12)22-10-16(21)18-13-6-7-15-19-17-11-20(15)9-13/h3-9,11H,2,10H2,1H3,(H,18,21). The number of rotatable bonds is 5. The smallest absolute Gasteiger partial charge is 0.262 e. The lowest BCUT2D eigenvalue weighted by Crippen LogP contribution is -2.20. The molecular formula is C16H16N4O2. The van der Waals surface area contributed by atoms with E-state index in [4.69, 9.17) is 4.74 Å². The molecule has 1 aromatic carbocycles. The molecule has 0 aliphatic carbocycles. The van der Waals surface area contributed by atoms with Gasteiger partial charge in [0, 0.05) is 6.20 Å². The summed E-state index contributed by atoms with van der Waals surface area (Å²) < 4.78 is 7.25. The summed E-state index contributed by atoms with van der Waals surface area (Å²) in [4.78, 5) is 11.9. The highest BCUT2D eigenvalue weighted by molar-refractivity contribution is 5.91. The minimum absolute atomic E-state index is 0.0343. The van der Waals surface area contributed by atoms with Crippen molar-refractivity contribution in [3.8, 4) is 5.75 Å². The quantitative estimate of drug-likeness (QED) is 0.784. The first-order valence-electron chi connectivity index (χ1n) is 7.05. The molecule has 0 saturated carbocycles. The maximum Gasteiger partial charge on any atom is 0.262 e. The van der Waals surface area contributed by atoms with Gasteiger partial charge in [0.15, 0.2) is 12.3 Å². The molecule has 0 atom stereocenters. The molecule has 6 nitrogen and oxygen atoms in total. The highest BCUT2D eigenvalue weighted by Crippen LogP contribution is 2.14. The average molecular weight is 296 g/mol. The van der Waals surface area contributed by atoms with Gasteiger partial charge in [-0.2, -0.15) is 0 Å². The number of aryl methyl sites for hydroxylation is 1. The van der Waals surface area contributed by atoms with Crippen LogP contribution in [0.4, 0.5) is 5.69 Å². The van der Waals surface area contributed by atoms with Crippen molar-refractivity contribution in [3.63, 3.8) is 0 Å². The molecule has 22 heavy (non-hydrogen) atoms. The van der Waals surface area contributed by atoms with Crippen molar-refractivity contribution < 1.29 is 9.53 Å². The number of carbonyl (C=O) groups excluding carboxylic acids is 1. The van der Waals surface area contributed by atoms with Crippen LogP contribution in [0.3, 0.4) is 0 Å². The third-order valence-electron chi connectivity index (χ3n) is 3.25. The first-order chi connectivity index (χ1) is 10.7. The minimum atomic E-state index is -0.214. The van der Waals surface area contributed by atoms with Gasteiger partial charge in [-0.05, 0) is 36.2 Å². The number of fused-ring (bicyclic) bond motifs is 1. The van der Waals surface area contributed by atoms with Gasteiger partial charge in [0.2, 0.25) is 0 Å². The molecule has 0 saturated heterocycles. The Kier molecular flexibility index (Phi) is 4.00. The average Bonchev–Trinajstić information content (AvgIpc) is 3.01. The van der Waals surface area contributed by atoms with Gasteiger partial charge in [0.05, 0.1) is 5.69 Å². The largest absolute Gasteiger partial charge is 0.484 e. The third kappa shape index (κ3) is 3.22. The zero-order chi connectivity index (χ0) is 15.4. The van der Waals surface area contributed by atoms with Crippen LogP contribution in [0.2, 0.25) is 0 Å². The predicted molar refractivity (Wildman–Crippen MR) is 82.9 cm³/mol. The van der Waals surface area contributed by atoms with E-state index in [0.717, 1.165) is 12.1 Å². The summed E-state index contributed by atoms with van der Waals surface area (Å²) in [7, 11) is 0. The van der Waals surface area contributed by atoms with E-state index in [-0.39, 0.29) is 12.5 Å². The fourth-order valence-corrected chi connectivity index (χ4v) is 2.10. The topological polar surface area (TPSA) is 68.5 Å². The van der Waals surface area contributed by atoms with E-state index in [1.54, 1.807) is 29.1 Å². The van der Waals surface area contributed by atoms with Crippen molar-refractivity contribution in [2.45, 2.75) is 13.3 Å². The highest BCUT2D eigenvalue weighted by Gasteiger charge is 2.05. The van der Waals surface area contributed by atoms with E-state index >= 15 is 0 Å². The first kappa shape index (κ1) is 14.1. The van der Waals surface area contributed by atoms with Crippen LogP contribution in [0, 0.1) is 0 Å². The normalized spacial score (nSPS) is 10.6. The molecule has 0 radical (unpaired) electrons. The second kappa shape index (κ2) is 6.26. The summed E-state index contributed by atoms with van der Waals surface area (Å²) >= 11 is 0. The van der Waals surface area contributed by atoms with Gasteiger partial charge < -0.3 is 10.1 Å². The Labute approximate surface area is 127 Å². The van der Waals surface area contributed by atoms with E-state index in [2.05, 4.69) is 22.4 Å². The van der Waals surface area contributed by atoms with Gasteiger partial charge in [0.1, 0.15) is 12.1 Å². The van der Waals surface area contributed by atoms with Crippen LogP contribution >= 0.6 is 0 Å². The molecule has 2 heterocycles. The fourth-order valence-electron chi connectivity index (χ4n) is 2.10. The van der Waals surface area contributed by atoms with Crippen LogP contribution in [-0.2, 0) is 11.2 Å². The molecule has 112 valence electrons. The second-order valence-corrected chi connectivity index (χ2v) is 4.85. The van der Waals surface area contributed by atoms with Gasteiger partial charge in [0.25, 0.3) is 5.91 Å². The van der Waals surface area contributed by atoms with E-state index in [1.165, 1.54) is 5.56 Å². The Hall–Kier alpha value is -2.89. The Bertz CT molecular complexity index is 797. The fraction of sp³-hybridized carbons (Fsp3) is 0.188. The number of amides is 1. The lowest BCUT2D eigenvalue weighted by Gasteiger charge is -2.08. The molecule has 0 aliphatic heterocycles. The Morgan fingerprint density at radius 2 is 2.23 bits per heavy atom. The van der Waals surface area contributed by atoms with Crippen molar-refractivity contribution in [1.82, 2.24) is 14.6 Å². The summed E-state index contributed by atoms with van der Waals surface area (Å²) in [5.41, 5.74) is 2.57. The van der Waals surface area contributed by atoms with Crippen LogP contribution in [0.25, 0.3) is 5.65 Å². The van der Waals surface area contributed by atoms with Crippen molar-refractivity contribution in [2.24, 2.45) is 0 Å². The number of benzene rings is 1. The number of ether oxygens (including phenoxy) is 1. The van der Waals surface area contributed by atoms with Gasteiger partial charge in [-0.25, -0.2) is 0 Å². The number of carbonyl (C=O) groups is 1. The number of hydrogen-bond donors (Lipinski definition) is 1. The summed E-state index contributed by atoms with van der Waals surface area (Å²) in [5.74, 6) is 0.484. The summed E-state index contributed by atoms with van der Waals surface area (Å²) in [6.45, 7) is 2.04. The second-order valence-electron chi connectivity index (χ2n) is 4.85. The van der Waals surface area contributed by atoms with Crippen LogP contribution in [0.1, 0.15) is 12.5 Å². The zero-order valence-corrected chi connectivity index (χ0v) is 12.2. The lowest BCUT2D eigenvalue weighted by atomic mass is 10.2. The molecule has 3 rings (SSSR count). The maximum atomic E-state index is 11.9. The number of nitrogens with one attached hydrogen (secondary N) is 1. The Morgan fingerprint density at radius 3 is 3.09 bits per heavy atom. The maximum absolute atomic E-state index is 11.9. The molecule has 0 fully saturated rings. The number of hydrogen-bond acceptors (Lipinski definition) is 4. The molecule has 2 aromatic heterocycles. The van der Waals surface area contributed by atoms with E-state index in [9.17, 15) is 4.79 Å². The SMILES string of the molecule is CCc1cccc(OCC(=O)Nc2ccc3nncn3c2)c1. The van der Waals surface area contributed by atoms with Crippen molar-refractivity contribution in [3.05, 3.63) is 54.5 Å². The first-order valence-corrected chi connectivity index (χ1v) is 7.05. The predicted octanol–water partition coefficient (Wildman–Crippen LogP) is 2.31. The summed E-state index contributed by atoms with van der Waals surface area (Å²) in [6, 6.07) is 11.3. The molecule has 1 amide bonds. The van der Waals surface area contributed by atoms with Gasteiger partial charge in [-0.1, -0.05) is 19.1 Å². The van der Waals surface area contributed by atoms with Crippen LogP contribution in [0.5, 0.6) is 5.75 Å². The van der Waals surface area contributed by atoms with Gasteiger partial charge >= 0.3 is 0 Å². The molecule has 6 heteroatoms. The summed E-state index contributed by atoms with van der Waals surface area (Å²) in [6.07, 6.45) is 4.27. The van der Waals surface area contributed by atoms with Gasteiger partial charge in [-0.3, -0.25) is 9.20 Å².